The highest BCUT2D eigenvalue weighted by Gasteiger charge is 2.45. The molecule has 1 heterocycles. The number of nitrogens with two attached hydrogens (primary N) is 1. The molecule has 1 amide bonds. The lowest BCUT2D eigenvalue weighted by atomic mass is 9.59. The van der Waals surface area contributed by atoms with Crippen LogP contribution in [0.15, 0.2) is 47.5 Å². The van der Waals surface area contributed by atoms with Crippen LogP contribution in [0.2, 0.25) is 5.02 Å². The van der Waals surface area contributed by atoms with Crippen LogP contribution >= 0.6 is 11.6 Å². The third kappa shape index (κ3) is 2.99. The van der Waals surface area contributed by atoms with Gasteiger partial charge in [0.05, 0.1) is 5.71 Å². The lowest BCUT2D eigenvalue weighted by Crippen LogP contribution is -2.44. The van der Waals surface area contributed by atoms with Gasteiger partial charge in [0.15, 0.2) is 6.61 Å². The van der Waals surface area contributed by atoms with Crippen molar-refractivity contribution in [2.75, 3.05) is 13.2 Å². The maximum absolute atomic E-state index is 11.0. The molecule has 0 spiro atoms. The molecule has 0 aromatic heterocycles. The highest BCUT2D eigenvalue weighted by Crippen LogP contribution is 2.48. The number of hydrogen-bond donors (Lipinski definition) is 1. The summed E-state index contributed by atoms with van der Waals surface area (Å²) < 4.78 is 5.52. The fourth-order valence-electron chi connectivity index (χ4n) is 3.98. The summed E-state index contributed by atoms with van der Waals surface area (Å²) in [4.78, 5) is 16.0. The van der Waals surface area contributed by atoms with E-state index in [9.17, 15) is 4.79 Å². The van der Waals surface area contributed by atoms with Crippen molar-refractivity contribution in [3.05, 3.63) is 64.2 Å². The predicted molar refractivity (Wildman–Crippen MR) is 103 cm³/mol. The number of carbonyl (C=O) groups excluding carboxylic acids is 1. The maximum atomic E-state index is 11.0. The lowest BCUT2D eigenvalue weighted by Gasteiger charge is -2.45. The van der Waals surface area contributed by atoms with Crippen LogP contribution < -0.4 is 10.5 Å². The number of aliphatic imine (C=N–C) groups is 1. The molecule has 2 aromatic carbocycles. The van der Waals surface area contributed by atoms with E-state index >= 15 is 0 Å². The average molecular weight is 369 g/mol. The molecular weight excluding hydrogens is 348 g/mol. The Morgan fingerprint density at radius 2 is 1.96 bits per heavy atom. The molecule has 0 radical (unpaired) electrons. The zero-order valence-corrected chi connectivity index (χ0v) is 15.3. The van der Waals surface area contributed by atoms with Crippen molar-refractivity contribution in [2.24, 2.45) is 10.7 Å². The van der Waals surface area contributed by atoms with Gasteiger partial charge in [0.25, 0.3) is 5.91 Å². The normalized spacial score (nSPS) is 17.7. The van der Waals surface area contributed by atoms with Crippen LogP contribution in [0.1, 0.15) is 36.0 Å². The third-order valence-electron chi connectivity index (χ3n) is 5.43. The van der Waals surface area contributed by atoms with Gasteiger partial charge in [-0.15, -0.1) is 0 Å². The molecule has 26 heavy (non-hydrogen) atoms. The van der Waals surface area contributed by atoms with Crippen molar-refractivity contribution in [2.45, 2.75) is 31.1 Å². The third-order valence-corrected chi connectivity index (χ3v) is 5.68. The minimum absolute atomic E-state index is 0.0535. The van der Waals surface area contributed by atoms with Crippen LogP contribution in [-0.4, -0.2) is 24.8 Å². The van der Waals surface area contributed by atoms with E-state index in [4.69, 9.17) is 27.1 Å². The quantitative estimate of drug-likeness (QED) is 0.875. The Morgan fingerprint density at radius 1 is 1.19 bits per heavy atom. The summed E-state index contributed by atoms with van der Waals surface area (Å²) >= 11 is 6.09. The van der Waals surface area contributed by atoms with Gasteiger partial charge in [0.2, 0.25) is 0 Å². The molecule has 2 N–H and O–H groups in total. The van der Waals surface area contributed by atoms with Crippen molar-refractivity contribution in [1.82, 2.24) is 0 Å². The van der Waals surface area contributed by atoms with Crippen LogP contribution in [0, 0.1) is 0 Å². The van der Waals surface area contributed by atoms with Gasteiger partial charge in [-0.25, -0.2) is 0 Å². The number of halogens is 1. The summed E-state index contributed by atoms with van der Waals surface area (Å²) in [6.45, 7) is 0.687. The standard InChI is InChI=1S/C21H21ClN2O2/c22-16-5-3-15(4-6-16)21(9-1-10-21)20-18-12-17(26-13-19(23)25)7-2-14(18)8-11-24-20/h2-7,12H,1,8-11,13H2,(H2,23,25). The highest BCUT2D eigenvalue weighted by atomic mass is 35.5. The highest BCUT2D eigenvalue weighted by molar-refractivity contribution is 6.30. The molecule has 1 aliphatic heterocycles. The van der Waals surface area contributed by atoms with E-state index < -0.39 is 5.91 Å². The first-order valence-electron chi connectivity index (χ1n) is 8.94. The zero-order valence-electron chi connectivity index (χ0n) is 14.5. The number of hydrogen-bond acceptors (Lipinski definition) is 3. The Morgan fingerprint density at radius 3 is 2.62 bits per heavy atom. The summed E-state index contributed by atoms with van der Waals surface area (Å²) in [7, 11) is 0. The summed E-state index contributed by atoms with van der Waals surface area (Å²) in [5, 5.41) is 0.747. The van der Waals surface area contributed by atoms with Crippen molar-refractivity contribution in [3.8, 4) is 5.75 Å². The summed E-state index contributed by atoms with van der Waals surface area (Å²) in [6, 6.07) is 14.1. The van der Waals surface area contributed by atoms with Crippen LogP contribution in [0.25, 0.3) is 0 Å². The second-order valence-corrected chi connectivity index (χ2v) is 7.43. The number of nitrogens with zero attached hydrogens (tertiary/aromatic N) is 1. The number of ether oxygens (including phenoxy) is 1. The summed E-state index contributed by atoms with van der Waals surface area (Å²) in [5.74, 6) is 0.177. The fraction of sp³-hybridized carbons (Fsp3) is 0.333. The number of carbonyl (C=O) groups is 1. The Hall–Kier alpha value is -2.33. The molecule has 0 unspecified atom stereocenters. The molecule has 2 aliphatic rings. The second-order valence-electron chi connectivity index (χ2n) is 7.00. The number of benzene rings is 2. The maximum Gasteiger partial charge on any atom is 0.255 e. The van der Waals surface area contributed by atoms with Crippen LogP contribution in [0.5, 0.6) is 5.75 Å². The average Bonchev–Trinajstić information content (AvgIpc) is 2.60. The second kappa shape index (κ2) is 6.76. The molecule has 0 saturated heterocycles. The lowest BCUT2D eigenvalue weighted by molar-refractivity contribution is -0.119. The topological polar surface area (TPSA) is 64.7 Å². The molecule has 0 atom stereocenters. The van der Waals surface area contributed by atoms with Crippen LogP contribution in [-0.2, 0) is 16.6 Å². The Labute approximate surface area is 158 Å². The number of primary amides is 1. The molecule has 1 aliphatic carbocycles. The van der Waals surface area contributed by atoms with Gasteiger partial charge in [0, 0.05) is 22.5 Å². The molecular formula is C21H21ClN2O2. The number of fused-ring (bicyclic) bond motifs is 1. The van der Waals surface area contributed by atoms with E-state index in [0.717, 1.165) is 42.1 Å². The monoisotopic (exact) mass is 368 g/mol. The van der Waals surface area contributed by atoms with Gasteiger partial charge < -0.3 is 10.5 Å². The van der Waals surface area contributed by atoms with Crippen LogP contribution in [0.4, 0.5) is 0 Å². The van der Waals surface area contributed by atoms with E-state index in [-0.39, 0.29) is 12.0 Å². The van der Waals surface area contributed by atoms with Gasteiger partial charge in [-0.3, -0.25) is 9.79 Å². The molecule has 134 valence electrons. The number of rotatable bonds is 5. The number of amides is 1. The minimum atomic E-state index is -0.478. The smallest absolute Gasteiger partial charge is 0.255 e. The molecule has 1 saturated carbocycles. The fourth-order valence-corrected chi connectivity index (χ4v) is 4.11. The van der Waals surface area contributed by atoms with Crippen LogP contribution in [0.3, 0.4) is 0 Å². The summed E-state index contributed by atoms with van der Waals surface area (Å²) in [5.41, 5.74) is 9.96. The predicted octanol–water partition coefficient (Wildman–Crippen LogP) is 3.67. The first kappa shape index (κ1) is 17.1. The molecule has 4 nitrogen and oxygen atoms in total. The van der Waals surface area contributed by atoms with Gasteiger partial charge in [-0.1, -0.05) is 36.2 Å². The van der Waals surface area contributed by atoms with Gasteiger partial charge in [-0.2, -0.15) is 0 Å². The zero-order chi connectivity index (χ0) is 18.1. The van der Waals surface area contributed by atoms with Crippen molar-refractivity contribution in [1.29, 1.82) is 0 Å². The van der Waals surface area contributed by atoms with Gasteiger partial charge >= 0.3 is 0 Å². The molecule has 5 heteroatoms. The van der Waals surface area contributed by atoms with E-state index in [0.29, 0.717) is 5.75 Å². The molecule has 2 aromatic rings. The Bertz CT molecular complexity index is 870. The van der Waals surface area contributed by atoms with E-state index in [1.807, 2.05) is 24.3 Å². The van der Waals surface area contributed by atoms with E-state index in [1.54, 1.807) is 0 Å². The Balaban J connectivity index is 1.73. The van der Waals surface area contributed by atoms with Crippen molar-refractivity contribution < 1.29 is 9.53 Å². The molecule has 0 bridgehead atoms. The first-order valence-corrected chi connectivity index (χ1v) is 9.32. The molecule has 4 rings (SSSR count). The first-order chi connectivity index (χ1) is 12.6. The van der Waals surface area contributed by atoms with E-state index in [1.165, 1.54) is 17.5 Å². The van der Waals surface area contributed by atoms with Gasteiger partial charge in [-0.05, 0) is 54.7 Å². The minimum Gasteiger partial charge on any atom is -0.484 e. The van der Waals surface area contributed by atoms with E-state index in [2.05, 4.69) is 18.2 Å². The van der Waals surface area contributed by atoms with Crippen molar-refractivity contribution in [3.63, 3.8) is 0 Å². The molecule has 1 fully saturated rings. The van der Waals surface area contributed by atoms with Crippen molar-refractivity contribution >= 4 is 23.2 Å². The Kier molecular flexibility index (Phi) is 4.45. The SMILES string of the molecule is NC(=O)COc1ccc2c(c1)C(C1(c3ccc(Cl)cc3)CCC1)=NCC2. The van der Waals surface area contributed by atoms with Gasteiger partial charge in [0.1, 0.15) is 5.75 Å². The summed E-state index contributed by atoms with van der Waals surface area (Å²) in [6.07, 6.45) is 4.28. The largest absolute Gasteiger partial charge is 0.484 e.